The summed E-state index contributed by atoms with van der Waals surface area (Å²) < 4.78 is 0. The minimum absolute atomic E-state index is 0.0115. The Labute approximate surface area is 664 Å². The molecule has 115 heavy (non-hydrogen) atoms. The first-order valence-corrected chi connectivity index (χ1v) is 37.0. The van der Waals surface area contributed by atoms with Gasteiger partial charge in [-0.3, -0.25) is 32.5 Å². The number of aliphatic hydroxyl groups excluding tert-OH is 15. The second kappa shape index (κ2) is 49.1. The van der Waals surface area contributed by atoms with E-state index in [0.29, 0.717) is 23.2 Å². The van der Waals surface area contributed by atoms with E-state index in [9.17, 15) is 86.8 Å². The van der Waals surface area contributed by atoms with Crippen LogP contribution in [0.2, 0.25) is 0 Å². The van der Waals surface area contributed by atoms with E-state index in [4.69, 9.17) is 55.4 Å². The summed E-state index contributed by atoms with van der Waals surface area (Å²) >= 11 is 0. The molecule has 35 N–H and O–H groups in total. The van der Waals surface area contributed by atoms with Gasteiger partial charge in [-0.2, -0.15) is 0 Å². The van der Waals surface area contributed by atoms with Gasteiger partial charge in [0.1, 0.15) is 71.9 Å². The lowest BCUT2D eigenvalue weighted by Gasteiger charge is -2.22. The molecule has 43 heteroatoms. The van der Waals surface area contributed by atoms with Crippen LogP contribution >= 0.6 is 0 Å². The Bertz CT molecular complexity index is 3970. The summed E-state index contributed by atoms with van der Waals surface area (Å²) in [7, 11) is 0. The Morgan fingerprint density at radius 2 is 0.757 bits per heavy atom. The third-order valence-electron chi connectivity index (χ3n) is 16.9. The molecule has 0 aliphatic carbocycles. The van der Waals surface area contributed by atoms with Crippen molar-refractivity contribution in [3.8, 4) is 11.5 Å². The molecule has 43 nitrogen and oxygen atoms in total. The van der Waals surface area contributed by atoms with E-state index < -0.39 is 198 Å². The van der Waals surface area contributed by atoms with Gasteiger partial charge in [0, 0.05) is 57.2 Å². The second-order valence-electron chi connectivity index (χ2n) is 28.2. The van der Waals surface area contributed by atoms with Crippen LogP contribution in [-0.2, 0) is 19.3 Å². The zero-order chi connectivity index (χ0) is 86.3. The molecule has 3 aromatic rings. The van der Waals surface area contributed by atoms with Gasteiger partial charge in [0.05, 0.1) is 24.9 Å². The summed E-state index contributed by atoms with van der Waals surface area (Å²) in [5, 5.41) is 245. The Morgan fingerprint density at radius 1 is 0.409 bits per heavy atom. The maximum absolute atomic E-state index is 12.0. The number of nitrogens with two attached hydrogens (primary N) is 4. The molecule has 636 valence electrons. The van der Waals surface area contributed by atoms with Crippen molar-refractivity contribution in [3.63, 3.8) is 0 Å². The molecule has 0 spiro atoms. The van der Waals surface area contributed by atoms with Crippen LogP contribution in [0.3, 0.4) is 0 Å². The number of hydrogen-bond acceptors (Lipinski definition) is 22. The first kappa shape index (κ1) is 96.8. The molecule has 0 fully saturated rings. The van der Waals surface area contributed by atoms with E-state index in [-0.39, 0.29) is 113 Å². The highest BCUT2D eigenvalue weighted by Crippen LogP contribution is 2.23. The topological polar surface area (TPSA) is 792 Å². The summed E-state index contributed by atoms with van der Waals surface area (Å²) in [6.07, 6.45) is -1.11. The molecule has 0 aliphatic rings. The fraction of sp³-hybridized carbons (Fsp3) is 0.556. The molecule has 3 rings (SSSR count). The third-order valence-corrected chi connectivity index (χ3v) is 16.9. The predicted molar refractivity (Wildman–Crippen MR) is 444 cm³/mol. The molecule has 0 saturated heterocycles. The highest BCUT2D eigenvalue weighted by molar-refractivity contribution is 5.96. The molecule has 1 aromatic heterocycles. The van der Waals surface area contributed by atoms with Gasteiger partial charge in [-0.05, 0) is 118 Å². The number of aliphatic imine (C=N–C) groups is 11. The number of nitrogens with one attached hydrogen (secondary N) is 10. The Hall–Kier alpha value is -12.4. The molecule has 0 radical (unpaired) electrons. The first-order valence-electron chi connectivity index (χ1n) is 37.0. The summed E-state index contributed by atoms with van der Waals surface area (Å²) in [4.78, 5) is 53.9. The summed E-state index contributed by atoms with van der Waals surface area (Å²) in [5.41, 5.74) is 24.0. The largest absolute Gasteiger partial charge is 0.508 e. The number of phenolic OH excluding ortho intramolecular Hbond substituents is 2. The maximum atomic E-state index is 12.0. The normalized spacial score (nSPS) is 17.0. The van der Waals surface area contributed by atoms with E-state index >= 15 is 0 Å². The smallest absolute Gasteiger partial charge is 0.209 e. The van der Waals surface area contributed by atoms with Crippen LogP contribution in [0.4, 0.5) is 0 Å². The van der Waals surface area contributed by atoms with Crippen molar-refractivity contribution in [1.29, 1.82) is 32.5 Å². The number of phenols is 2. The van der Waals surface area contributed by atoms with Crippen LogP contribution in [0.15, 0.2) is 116 Å². The zero-order valence-corrected chi connectivity index (χ0v) is 65.3. The molecule has 0 bridgehead atoms. The number of hydrogen-bond donors (Lipinski definition) is 31. The molecule has 0 saturated carbocycles. The quantitative estimate of drug-likeness (QED) is 0.0190. The number of aromatic hydroxyl groups is 2. The number of rotatable bonds is 52. The average Bonchev–Trinajstić information content (AvgIpc) is 1.01. The van der Waals surface area contributed by atoms with E-state index in [0.717, 1.165) is 6.92 Å². The Kier molecular flexibility index (Phi) is 41.3. The summed E-state index contributed by atoms with van der Waals surface area (Å²) in [6, 6.07) is -6.94. The number of aliphatic hydroxyl groups is 15. The maximum Gasteiger partial charge on any atom is 0.209 e. The standard InChI is InChI=1S/C72H116N26O17/c1-35(2)27-49(93-64(110)51(30-40-16-20-43(101)21-17-40)95-65(111)52(31-41-33-83-34-87-41)92-59(105)44(73)11-8-24-84-70(77)78)63(109)96-53(32-55(75)103)66(112)94-50(28-36(3)4)67(113)97-56(37(5)6)68(114)98-57(38(7)99)69(115)90-46(13-10-26-86-72(81)82)60(106)89-47(22-23-54(74)102)62(108)88-45(12-9-25-85-71(79)80)61(107)91-48(58(76)104)29-39-14-18-42(100)19-15-39/h14-21,33-38,44-53,56-57,99-101H,8-13,22-32,73H2,1-7H3,(H2,74,102)(H2,75,103)(H2,76,104)(H,83,87)(H,88,108)(H,89,106)(H,90,115)(H,91,107)(H,92,105)(H,93,110)(H,94,112)(H,95,111)(H,96,109)(H,97,113)(H,98,114)(H4,77,78,84)(H4,79,80,85)(H4,81,82,86). The van der Waals surface area contributed by atoms with Gasteiger partial charge in [-0.25, -0.2) is 59.9 Å². The van der Waals surface area contributed by atoms with Crippen LogP contribution in [0, 0.1) is 50.2 Å². The summed E-state index contributed by atoms with van der Waals surface area (Å²) in [5.74, 6) is -15.1. The van der Waals surface area contributed by atoms with Crippen molar-refractivity contribution in [2.75, 3.05) is 19.6 Å². The lowest BCUT2D eigenvalue weighted by Crippen LogP contribution is -2.37. The van der Waals surface area contributed by atoms with Gasteiger partial charge in [0.15, 0.2) is 41.6 Å². The Morgan fingerprint density at radius 3 is 1.17 bits per heavy atom. The average molecular weight is 1620 g/mol. The van der Waals surface area contributed by atoms with Crippen LogP contribution in [0.5, 0.6) is 11.5 Å². The second-order valence-corrected chi connectivity index (χ2v) is 28.2. The highest BCUT2D eigenvalue weighted by atomic mass is 16.3. The van der Waals surface area contributed by atoms with Crippen molar-refractivity contribution >= 4 is 100 Å². The van der Waals surface area contributed by atoms with Gasteiger partial charge in [0.2, 0.25) is 64.9 Å². The number of guanidine groups is 3. The molecule has 13 atom stereocenters. The van der Waals surface area contributed by atoms with Gasteiger partial charge in [-0.1, -0.05) is 65.8 Å². The molecular weight excluding hydrogens is 1500 g/mol. The zero-order valence-electron chi connectivity index (χ0n) is 65.3. The van der Waals surface area contributed by atoms with Crippen LogP contribution in [0.25, 0.3) is 0 Å². The number of aromatic amines is 1. The van der Waals surface area contributed by atoms with E-state index in [2.05, 4.69) is 80.8 Å². The van der Waals surface area contributed by atoms with Crippen LogP contribution < -0.4 is 38.9 Å². The molecule has 2 aromatic carbocycles. The lowest BCUT2D eigenvalue weighted by atomic mass is 10.0. The van der Waals surface area contributed by atoms with Gasteiger partial charge < -0.3 is 131 Å². The number of benzene rings is 2. The predicted octanol–water partition coefficient (Wildman–Crippen LogP) is 5.45. The van der Waals surface area contributed by atoms with E-state index in [1.54, 1.807) is 41.5 Å². The summed E-state index contributed by atoms with van der Waals surface area (Å²) in [6.45, 7) is 11.4. The van der Waals surface area contributed by atoms with E-state index in [1.807, 2.05) is 0 Å². The minimum atomic E-state index is -1.90. The van der Waals surface area contributed by atoms with Crippen LogP contribution in [0.1, 0.15) is 136 Å². The first-order chi connectivity index (χ1) is 54.0. The fourth-order valence-electron chi connectivity index (χ4n) is 10.9. The van der Waals surface area contributed by atoms with Crippen molar-refractivity contribution < 1.29 is 86.8 Å². The highest BCUT2D eigenvalue weighted by Gasteiger charge is 2.33. The van der Waals surface area contributed by atoms with Gasteiger partial charge >= 0.3 is 0 Å². The number of nitrogens with zero attached hydrogens (tertiary/aromatic N) is 12. The molecular formula is C72H116N26O17. The number of imidazole rings is 1. The van der Waals surface area contributed by atoms with Gasteiger partial charge in [-0.15, -0.1) is 0 Å². The fourth-order valence-corrected chi connectivity index (χ4v) is 10.9. The molecule has 0 aliphatic heterocycles. The SMILES string of the molecule is CC(C)CC(N=C(O)C(Cc1ccc(O)cc1)N=C(O)C(Cc1cnc[nH]1)N=C(O)C(N)CCCNC(=N)N)C(O)=NC(CC(=N)O)C(O)=NC(CC(C)C)C(O)=NC(C(O)=NC(C(O)=NC(CCCNC(=N)N)C(O)=NC(CCC(=N)O)C(O)=NC(CCCNC(=N)N)C(O)=NC(Cc1ccc(O)cc1)C(=N)O)C(C)O)C(C)C. The van der Waals surface area contributed by atoms with E-state index in [1.165, 1.54) is 61.1 Å². The molecule has 1 heterocycles. The molecule has 13 unspecified atom stereocenters. The van der Waals surface area contributed by atoms with Crippen molar-refractivity contribution in [2.45, 2.75) is 217 Å². The third kappa shape index (κ3) is 37.2. The number of aromatic nitrogens is 2. The lowest BCUT2D eigenvalue weighted by molar-refractivity contribution is 0.178. The van der Waals surface area contributed by atoms with Crippen molar-refractivity contribution in [3.05, 3.63) is 77.9 Å². The molecule has 0 amide bonds. The van der Waals surface area contributed by atoms with Gasteiger partial charge in [0.25, 0.3) is 0 Å². The van der Waals surface area contributed by atoms with Crippen LogP contribution in [-0.4, -0.2) is 295 Å². The minimum Gasteiger partial charge on any atom is -0.508 e. The Balaban J connectivity index is 2.24. The monoisotopic (exact) mass is 1620 g/mol. The number of H-pyrrole nitrogens is 1. The van der Waals surface area contributed by atoms with Crippen molar-refractivity contribution in [1.82, 2.24) is 25.9 Å². The van der Waals surface area contributed by atoms with Crippen molar-refractivity contribution in [2.24, 2.45) is 95.6 Å².